The van der Waals surface area contributed by atoms with Gasteiger partial charge in [-0.15, -0.1) is 0 Å². The molecule has 2 bridgehead atoms. The van der Waals surface area contributed by atoms with E-state index in [9.17, 15) is 0 Å². The molecule has 2 atom stereocenters. The first-order valence-corrected chi connectivity index (χ1v) is 7.28. The molecule has 3 saturated heterocycles. The summed E-state index contributed by atoms with van der Waals surface area (Å²) in [5.74, 6) is 0.904. The van der Waals surface area contributed by atoms with Crippen molar-refractivity contribution in [1.29, 1.82) is 0 Å². The molecule has 0 amide bonds. The zero-order chi connectivity index (χ0) is 12.5. The highest BCUT2D eigenvalue weighted by Crippen LogP contribution is 2.29. The minimum Gasteiger partial charge on any atom is -0.306 e. The monoisotopic (exact) mass is 244 g/mol. The zero-order valence-electron chi connectivity index (χ0n) is 11.5. The lowest BCUT2D eigenvalue weighted by atomic mass is 9.83. The van der Waals surface area contributed by atoms with E-state index in [1.807, 2.05) is 0 Å². The molecule has 1 unspecified atom stereocenters. The summed E-state index contributed by atoms with van der Waals surface area (Å²) in [6.45, 7) is 8.41. The molecule has 3 fully saturated rings. The van der Waals surface area contributed by atoms with Gasteiger partial charge >= 0.3 is 0 Å². The summed E-state index contributed by atoms with van der Waals surface area (Å²) >= 11 is 0. The minimum atomic E-state index is 0.469. The van der Waals surface area contributed by atoms with E-state index in [4.69, 9.17) is 0 Å². The number of fused-ring (bicyclic) bond motifs is 3. The fourth-order valence-electron chi connectivity index (χ4n) is 3.64. The van der Waals surface area contributed by atoms with Gasteiger partial charge in [0.2, 0.25) is 0 Å². The van der Waals surface area contributed by atoms with Crippen LogP contribution in [-0.2, 0) is 0 Å². The van der Waals surface area contributed by atoms with E-state index in [-0.39, 0.29) is 0 Å². The van der Waals surface area contributed by atoms with Crippen molar-refractivity contribution in [3.8, 4) is 0 Å². The Labute approximate surface area is 110 Å². The molecular weight excluding hydrogens is 220 g/mol. The number of nitrogens with zero attached hydrogens (tertiary/aromatic N) is 1. The van der Waals surface area contributed by atoms with Crippen LogP contribution in [-0.4, -0.2) is 30.6 Å². The van der Waals surface area contributed by atoms with Crippen molar-refractivity contribution in [3.05, 3.63) is 35.4 Å². The number of piperidine rings is 3. The van der Waals surface area contributed by atoms with Gasteiger partial charge in [-0.2, -0.15) is 0 Å². The van der Waals surface area contributed by atoms with Crippen molar-refractivity contribution in [2.75, 3.05) is 19.6 Å². The van der Waals surface area contributed by atoms with Crippen LogP contribution in [0.15, 0.2) is 24.3 Å². The molecule has 3 heterocycles. The predicted octanol–water partition coefficient (Wildman–Crippen LogP) is 2.74. The number of rotatable bonds is 3. The van der Waals surface area contributed by atoms with E-state index in [0.29, 0.717) is 12.1 Å². The van der Waals surface area contributed by atoms with Gasteiger partial charge in [-0.3, -0.25) is 0 Å². The Morgan fingerprint density at radius 1 is 1.22 bits per heavy atom. The van der Waals surface area contributed by atoms with Crippen molar-refractivity contribution in [1.82, 2.24) is 10.2 Å². The quantitative estimate of drug-likeness (QED) is 0.879. The van der Waals surface area contributed by atoms with Gasteiger partial charge in [0.05, 0.1) is 0 Å². The third-order valence-corrected chi connectivity index (χ3v) is 4.78. The van der Waals surface area contributed by atoms with Gasteiger partial charge in [-0.25, -0.2) is 0 Å². The SMILES string of the molecule is Cc1ccccc1[C@@H](C)NC1CN2CCC1CC2. The Bertz CT molecular complexity index is 407. The summed E-state index contributed by atoms with van der Waals surface area (Å²) in [4.78, 5) is 2.61. The van der Waals surface area contributed by atoms with Crippen molar-refractivity contribution in [2.45, 2.75) is 38.8 Å². The summed E-state index contributed by atoms with van der Waals surface area (Å²) in [7, 11) is 0. The maximum atomic E-state index is 3.87. The number of hydrogen-bond acceptors (Lipinski definition) is 2. The van der Waals surface area contributed by atoms with Crippen LogP contribution in [0.3, 0.4) is 0 Å². The summed E-state index contributed by atoms with van der Waals surface area (Å²) in [6.07, 6.45) is 2.77. The van der Waals surface area contributed by atoms with Crippen molar-refractivity contribution in [2.24, 2.45) is 5.92 Å². The standard InChI is InChI=1S/C16H24N2/c1-12-5-3-4-6-15(12)13(2)17-16-11-18-9-7-14(16)8-10-18/h3-6,13-14,16-17H,7-11H2,1-2H3/t13-,16?/m1/s1. The Morgan fingerprint density at radius 3 is 2.56 bits per heavy atom. The number of aryl methyl sites for hydroxylation is 1. The van der Waals surface area contributed by atoms with Crippen molar-refractivity contribution >= 4 is 0 Å². The third kappa shape index (κ3) is 2.32. The Kier molecular flexibility index (Phi) is 3.40. The van der Waals surface area contributed by atoms with Crippen LogP contribution in [0.1, 0.15) is 36.9 Å². The Hall–Kier alpha value is -0.860. The van der Waals surface area contributed by atoms with Crippen LogP contribution < -0.4 is 5.32 Å². The summed E-state index contributed by atoms with van der Waals surface area (Å²) < 4.78 is 0. The van der Waals surface area contributed by atoms with Crippen LogP contribution in [0.2, 0.25) is 0 Å². The van der Waals surface area contributed by atoms with Crippen LogP contribution in [0, 0.1) is 12.8 Å². The number of benzene rings is 1. The molecule has 2 heteroatoms. The Morgan fingerprint density at radius 2 is 1.94 bits per heavy atom. The molecule has 1 N–H and O–H groups in total. The van der Waals surface area contributed by atoms with Gasteiger partial charge in [0.15, 0.2) is 0 Å². The van der Waals surface area contributed by atoms with Gasteiger partial charge in [0, 0.05) is 18.6 Å². The summed E-state index contributed by atoms with van der Waals surface area (Å²) in [6, 6.07) is 9.91. The first-order valence-electron chi connectivity index (χ1n) is 7.28. The van der Waals surface area contributed by atoms with E-state index < -0.39 is 0 Å². The topological polar surface area (TPSA) is 15.3 Å². The second kappa shape index (κ2) is 5.02. The predicted molar refractivity (Wildman–Crippen MR) is 75.7 cm³/mol. The molecule has 0 radical (unpaired) electrons. The average Bonchev–Trinajstić information content (AvgIpc) is 2.40. The van der Waals surface area contributed by atoms with Crippen molar-refractivity contribution < 1.29 is 0 Å². The fourth-order valence-corrected chi connectivity index (χ4v) is 3.64. The van der Waals surface area contributed by atoms with Crippen LogP contribution in [0.4, 0.5) is 0 Å². The van der Waals surface area contributed by atoms with Gasteiger partial charge in [-0.05, 0) is 56.8 Å². The molecule has 0 aliphatic carbocycles. The van der Waals surface area contributed by atoms with E-state index in [1.165, 1.54) is 43.6 Å². The first kappa shape index (κ1) is 12.2. The molecule has 2 nitrogen and oxygen atoms in total. The second-order valence-corrected chi connectivity index (χ2v) is 5.99. The smallest absolute Gasteiger partial charge is 0.0297 e. The van der Waals surface area contributed by atoms with E-state index >= 15 is 0 Å². The Balaban J connectivity index is 1.68. The summed E-state index contributed by atoms with van der Waals surface area (Å²) in [5, 5.41) is 3.87. The van der Waals surface area contributed by atoms with Crippen LogP contribution in [0.25, 0.3) is 0 Å². The molecule has 3 aliphatic rings. The highest BCUT2D eigenvalue weighted by Gasteiger charge is 2.34. The molecule has 98 valence electrons. The maximum Gasteiger partial charge on any atom is 0.0297 e. The second-order valence-electron chi connectivity index (χ2n) is 5.99. The molecule has 1 aromatic carbocycles. The van der Waals surface area contributed by atoms with Gasteiger partial charge in [0.25, 0.3) is 0 Å². The maximum absolute atomic E-state index is 3.87. The molecule has 3 aliphatic heterocycles. The molecule has 0 aromatic heterocycles. The van der Waals surface area contributed by atoms with Gasteiger partial charge in [0.1, 0.15) is 0 Å². The lowest BCUT2D eigenvalue weighted by Gasteiger charge is -2.46. The highest BCUT2D eigenvalue weighted by atomic mass is 15.2. The fraction of sp³-hybridized carbons (Fsp3) is 0.625. The average molecular weight is 244 g/mol. The minimum absolute atomic E-state index is 0.469. The number of hydrogen-bond donors (Lipinski definition) is 1. The normalized spacial score (nSPS) is 32.4. The molecule has 1 aromatic rings. The third-order valence-electron chi connectivity index (χ3n) is 4.78. The lowest BCUT2D eigenvalue weighted by Crippen LogP contribution is -2.56. The highest BCUT2D eigenvalue weighted by molar-refractivity contribution is 5.28. The van der Waals surface area contributed by atoms with Crippen molar-refractivity contribution in [3.63, 3.8) is 0 Å². The summed E-state index contributed by atoms with van der Waals surface area (Å²) in [5.41, 5.74) is 2.85. The zero-order valence-corrected chi connectivity index (χ0v) is 11.5. The molecule has 4 rings (SSSR count). The molecule has 0 saturated carbocycles. The van der Waals surface area contributed by atoms with Crippen LogP contribution in [0.5, 0.6) is 0 Å². The molecule has 18 heavy (non-hydrogen) atoms. The first-order chi connectivity index (χ1) is 8.74. The van der Waals surface area contributed by atoms with Gasteiger partial charge in [-0.1, -0.05) is 24.3 Å². The van der Waals surface area contributed by atoms with Gasteiger partial charge < -0.3 is 10.2 Å². The lowest BCUT2D eigenvalue weighted by molar-refractivity contribution is 0.0680. The largest absolute Gasteiger partial charge is 0.306 e. The number of nitrogens with one attached hydrogen (secondary N) is 1. The van der Waals surface area contributed by atoms with Crippen LogP contribution >= 0.6 is 0 Å². The van der Waals surface area contributed by atoms with E-state index in [0.717, 1.165) is 5.92 Å². The van der Waals surface area contributed by atoms with E-state index in [1.54, 1.807) is 0 Å². The van der Waals surface area contributed by atoms with E-state index in [2.05, 4.69) is 48.3 Å². The molecule has 0 spiro atoms. The molecular formula is C16H24N2.